The Labute approximate surface area is 113 Å². The van der Waals surface area contributed by atoms with Gasteiger partial charge in [0, 0.05) is 24.2 Å². The highest BCUT2D eigenvalue weighted by atomic mass is 16.5. The first-order valence-corrected chi connectivity index (χ1v) is 6.49. The summed E-state index contributed by atoms with van der Waals surface area (Å²) in [6.07, 6.45) is 0. The summed E-state index contributed by atoms with van der Waals surface area (Å²) in [5.74, 6) is 1.24. The molecule has 100 valence electrons. The number of phenols is 1. The Balaban J connectivity index is 1.94. The van der Waals surface area contributed by atoms with Crippen LogP contribution in [0.25, 0.3) is 0 Å². The Morgan fingerprint density at radius 3 is 2.32 bits per heavy atom. The van der Waals surface area contributed by atoms with E-state index in [1.54, 1.807) is 6.07 Å². The molecule has 0 heterocycles. The molecule has 2 aromatic carbocycles. The molecule has 2 rings (SSSR count). The van der Waals surface area contributed by atoms with E-state index in [4.69, 9.17) is 4.74 Å². The minimum absolute atomic E-state index is 0.327. The molecule has 2 N–H and O–H groups in total. The van der Waals surface area contributed by atoms with Crippen molar-refractivity contribution in [3.8, 4) is 11.5 Å². The summed E-state index contributed by atoms with van der Waals surface area (Å²) in [7, 11) is 0. The van der Waals surface area contributed by atoms with Crippen molar-refractivity contribution in [1.29, 1.82) is 0 Å². The molecule has 0 aliphatic carbocycles. The highest BCUT2D eigenvalue weighted by molar-refractivity contribution is 5.34. The van der Waals surface area contributed by atoms with Crippen LogP contribution in [0.3, 0.4) is 0 Å². The van der Waals surface area contributed by atoms with Crippen LogP contribution in [0.5, 0.6) is 11.5 Å². The number of hydrogen-bond donors (Lipinski definition) is 2. The maximum absolute atomic E-state index is 9.68. The van der Waals surface area contributed by atoms with Crippen molar-refractivity contribution in [1.82, 2.24) is 5.32 Å². The molecule has 0 aromatic heterocycles. The van der Waals surface area contributed by atoms with Crippen LogP contribution in [-0.4, -0.2) is 11.7 Å². The van der Waals surface area contributed by atoms with E-state index in [-0.39, 0.29) is 0 Å². The van der Waals surface area contributed by atoms with Gasteiger partial charge in [0.15, 0.2) is 0 Å². The first kappa shape index (κ1) is 13.4. The van der Waals surface area contributed by atoms with Crippen LogP contribution in [0, 0.1) is 0 Å². The molecule has 0 saturated carbocycles. The highest BCUT2D eigenvalue weighted by Gasteiger charge is 2.03. The maximum atomic E-state index is 9.68. The second kappa shape index (κ2) is 6.81. The van der Waals surface area contributed by atoms with Gasteiger partial charge in [-0.25, -0.2) is 0 Å². The molecule has 0 radical (unpaired) electrons. The second-order valence-electron chi connectivity index (χ2n) is 4.27. The summed E-state index contributed by atoms with van der Waals surface area (Å²) in [4.78, 5) is 0. The fraction of sp³-hybridized carbons (Fsp3) is 0.250. The third-order valence-electron chi connectivity index (χ3n) is 2.89. The van der Waals surface area contributed by atoms with Crippen LogP contribution in [0.15, 0.2) is 48.5 Å². The Morgan fingerprint density at radius 1 is 0.947 bits per heavy atom. The minimum atomic E-state index is 0.327. The van der Waals surface area contributed by atoms with Gasteiger partial charge in [0.05, 0.1) is 6.61 Å². The first-order chi connectivity index (χ1) is 9.31. The number of para-hydroxylation sites is 2. The van der Waals surface area contributed by atoms with Gasteiger partial charge >= 0.3 is 0 Å². The molecule has 3 heteroatoms. The number of ether oxygens (including phenoxy) is 1. The van der Waals surface area contributed by atoms with E-state index >= 15 is 0 Å². The summed E-state index contributed by atoms with van der Waals surface area (Å²) < 4.78 is 5.57. The van der Waals surface area contributed by atoms with Gasteiger partial charge in [0.2, 0.25) is 0 Å². The van der Waals surface area contributed by atoms with Crippen molar-refractivity contribution in [3.63, 3.8) is 0 Å². The van der Waals surface area contributed by atoms with E-state index in [0.717, 1.165) is 16.9 Å². The van der Waals surface area contributed by atoms with Crippen molar-refractivity contribution in [2.45, 2.75) is 20.0 Å². The lowest BCUT2D eigenvalue weighted by atomic mass is 10.1. The zero-order valence-corrected chi connectivity index (χ0v) is 11.1. The number of benzene rings is 2. The maximum Gasteiger partial charge on any atom is 0.123 e. The third-order valence-corrected chi connectivity index (χ3v) is 2.89. The van der Waals surface area contributed by atoms with Crippen molar-refractivity contribution in [3.05, 3.63) is 59.7 Å². The minimum Gasteiger partial charge on any atom is -0.508 e. The average molecular weight is 257 g/mol. The Bertz CT molecular complexity index is 526. The van der Waals surface area contributed by atoms with Gasteiger partial charge in [-0.15, -0.1) is 0 Å². The second-order valence-corrected chi connectivity index (χ2v) is 4.27. The lowest BCUT2D eigenvalue weighted by Gasteiger charge is -2.11. The first-order valence-electron chi connectivity index (χ1n) is 6.49. The summed E-state index contributed by atoms with van der Waals surface area (Å²) in [5, 5.41) is 13.0. The number of nitrogens with one attached hydrogen (secondary N) is 1. The van der Waals surface area contributed by atoms with Gasteiger partial charge in [0.1, 0.15) is 11.5 Å². The topological polar surface area (TPSA) is 41.5 Å². The van der Waals surface area contributed by atoms with Crippen LogP contribution in [0.2, 0.25) is 0 Å². The molecule has 0 saturated heterocycles. The molecule has 0 aliphatic heterocycles. The average Bonchev–Trinajstić information content (AvgIpc) is 2.43. The molecule has 0 atom stereocenters. The monoisotopic (exact) mass is 257 g/mol. The molecular formula is C16H19NO2. The summed E-state index contributed by atoms with van der Waals surface area (Å²) in [6.45, 7) is 3.99. The van der Waals surface area contributed by atoms with E-state index in [1.807, 2.05) is 49.4 Å². The van der Waals surface area contributed by atoms with E-state index in [2.05, 4.69) is 5.32 Å². The molecule has 0 aliphatic rings. The summed E-state index contributed by atoms with van der Waals surface area (Å²) >= 11 is 0. The van der Waals surface area contributed by atoms with Gasteiger partial charge in [-0.3, -0.25) is 0 Å². The molecule has 19 heavy (non-hydrogen) atoms. The van der Waals surface area contributed by atoms with E-state index in [9.17, 15) is 5.11 Å². The van der Waals surface area contributed by atoms with Crippen LogP contribution in [-0.2, 0) is 13.1 Å². The van der Waals surface area contributed by atoms with Gasteiger partial charge in [-0.2, -0.15) is 0 Å². The van der Waals surface area contributed by atoms with Crippen LogP contribution in [0.1, 0.15) is 18.1 Å². The Hall–Kier alpha value is -2.00. The number of hydrogen-bond acceptors (Lipinski definition) is 3. The Kier molecular flexibility index (Phi) is 4.81. The number of phenolic OH excluding ortho intramolecular Hbond substituents is 1. The normalized spacial score (nSPS) is 10.4. The number of aromatic hydroxyl groups is 1. The SMILES string of the molecule is CCOc1ccccc1CNCc1ccccc1O. The quantitative estimate of drug-likeness (QED) is 0.835. The van der Waals surface area contributed by atoms with Crippen molar-refractivity contribution < 1.29 is 9.84 Å². The zero-order valence-electron chi connectivity index (χ0n) is 11.1. The van der Waals surface area contributed by atoms with Crippen molar-refractivity contribution in [2.24, 2.45) is 0 Å². The molecule has 0 unspecified atom stereocenters. The molecule has 0 fully saturated rings. The molecular weight excluding hydrogens is 238 g/mol. The van der Waals surface area contributed by atoms with Crippen LogP contribution < -0.4 is 10.1 Å². The van der Waals surface area contributed by atoms with E-state index in [0.29, 0.717) is 25.4 Å². The van der Waals surface area contributed by atoms with Gasteiger partial charge in [0.25, 0.3) is 0 Å². The lowest BCUT2D eigenvalue weighted by Crippen LogP contribution is -2.13. The van der Waals surface area contributed by atoms with Gasteiger partial charge in [-0.05, 0) is 19.1 Å². The predicted octanol–water partition coefficient (Wildman–Crippen LogP) is 3.08. The van der Waals surface area contributed by atoms with E-state index in [1.165, 1.54) is 0 Å². The van der Waals surface area contributed by atoms with Crippen LogP contribution >= 0.6 is 0 Å². The van der Waals surface area contributed by atoms with Gasteiger partial charge < -0.3 is 15.2 Å². The summed E-state index contributed by atoms with van der Waals surface area (Å²) in [5.41, 5.74) is 2.02. The van der Waals surface area contributed by atoms with Crippen LogP contribution in [0.4, 0.5) is 0 Å². The standard InChI is InChI=1S/C16H19NO2/c1-2-19-16-10-6-4-8-14(16)12-17-11-13-7-3-5-9-15(13)18/h3-10,17-18H,2,11-12H2,1H3. The lowest BCUT2D eigenvalue weighted by molar-refractivity contribution is 0.335. The third kappa shape index (κ3) is 3.73. The highest BCUT2D eigenvalue weighted by Crippen LogP contribution is 2.19. The van der Waals surface area contributed by atoms with Crippen molar-refractivity contribution >= 4 is 0 Å². The summed E-state index contributed by atoms with van der Waals surface area (Å²) in [6, 6.07) is 15.3. The van der Waals surface area contributed by atoms with E-state index < -0.39 is 0 Å². The fourth-order valence-corrected chi connectivity index (χ4v) is 1.94. The molecule has 0 bridgehead atoms. The smallest absolute Gasteiger partial charge is 0.123 e. The molecule has 0 amide bonds. The molecule has 3 nitrogen and oxygen atoms in total. The largest absolute Gasteiger partial charge is 0.508 e. The zero-order chi connectivity index (χ0) is 13.5. The number of rotatable bonds is 6. The predicted molar refractivity (Wildman–Crippen MR) is 76.3 cm³/mol. The molecule has 0 spiro atoms. The fourth-order valence-electron chi connectivity index (χ4n) is 1.94. The van der Waals surface area contributed by atoms with Crippen molar-refractivity contribution in [2.75, 3.05) is 6.61 Å². The van der Waals surface area contributed by atoms with Gasteiger partial charge in [-0.1, -0.05) is 36.4 Å². The Morgan fingerprint density at radius 2 is 1.58 bits per heavy atom. The molecule has 2 aromatic rings.